The summed E-state index contributed by atoms with van der Waals surface area (Å²) in [5.41, 5.74) is -2.60. The van der Waals surface area contributed by atoms with E-state index in [1.165, 1.54) is 6.92 Å². The Morgan fingerprint density at radius 3 is 2.57 bits per heavy atom. The van der Waals surface area contributed by atoms with Crippen molar-refractivity contribution in [2.45, 2.75) is 37.4 Å². The minimum Gasteiger partial charge on any atom is -0.503 e. The Morgan fingerprint density at radius 1 is 1.25 bits per heavy atom. The first kappa shape index (κ1) is 20.1. The standard InChI is InChI=1S/C17H17F2NO8/c1-5-11(14(24)13(23)9(4-21)27-5)20-16(25)7-2-6-3-8(18)12(22)10(19)15(6)28-17(7)26/h2-3,5,9,11,13-14,21-24H,4H2,1H3,(H,20,25)/t5?,9?,11?,13-,14?/m1/s1. The zero-order chi connectivity index (χ0) is 20.7. The van der Waals surface area contributed by atoms with Crippen LogP contribution in [-0.2, 0) is 4.74 Å². The summed E-state index contributed by atoms with van der Waals surface area (Å²) in [5, 5.41) is 40.5. The van der Waals surface area contributed by atoms with Crippen molar-refractivity contribution in [2.75, 3.05) is 6.61 Å². The Bertz CT molecular complexity index is 978. The number of fused-ring (bicyclic) bond motifs is 1. The van der Waals surface area contributed by atoms with Gasteiger partial charge in [-0.05, 0) is 19.1 Å². The van der Waals surface area contributed by atoms with E-state index in [4.69, 9.17) is 9.84 Å². The van der Waals surface area contributed by atoms with Gasteiger partial charge in [0, 0.05) is 5.39 Å². The number of ether oxygens (including phenoxy) is 1. The number of phenolic OH excluding ortho intramolecular Hbond substituents is 1. The Labute approximate surface area is 155 Å². The van der Waals surface area contributed by atoms with Crippen molar-refractivity contribution >= 4 is 16.9 Å². The summed E-state index contributed by atoms with van der Waals surface area (Å²) in [6.45, 7) is 0.917. The van der Waals surface area contributed by atoms with E-state index >= 15 is 0 Å². The maximum absolute atomic E-state index is 13.8. The van der Waals surface area contributed by atoms with E-state index in [-0.39, 0.29) is 5.39 Å². The topological polar surface area (TPSA) is 149 Å². The van der Waals surface area contributed by atoms with Crippen LogP contribution < -0.4 is 10.9 Å². The highest BCUT2D eigenvalue weighted by molar-refractivity contribution is 5.97. The second kappa shape index (κ2) is 7.43. The van der Waals surface area contributed by atoms with Crippen LogP contribution in [-0.4, -0.2) is 63.4 Å². The highest BCUT2D eigenvalue weighted by Crippen LogP contribution is 2.28. The molecule has 1 saturated heterocycles. The normalized spacial score (nSPS) is 27.7. The third-order valence-corrected chi connectivity index (χ3v) is 4.61. The zero-order valence-electron chi connectivity index (χ0n) is 14.4. The van der Waals surface area contributed by atoms with Gasteiger partial charge in [-0.1, -0.05) is 0 Å². The Kier molecular flexibility index (Phi) is 5.35. The summed E-state index contributed by atoms with van der Waals surface area (Å²) in [6.07, 6.45) is -4.89. The highest BCUT2D eigenvalue weighted by Gasteiger charge is 2.43. The molecule has 0 bridgehead atoms. The van der Waals surface area contributed by atoms with Gasteiger partial charge in [0.05, 0.1) is 18.8 Å². The predicted molar refractivity (Wildman–Crippen MR) is 88.8 cm³/mol. The fraction of sp³-hybridized carbons (Fsp3) is 0.412. The molecule has 0 saturated carbocycles. The van der Waals surface area contributed by atoms with E-state index in [1.807, 2.05) is 0 Å². The molecular weight excluding hydrogens is 384 g/mol. The molecule has 1 fully saturated rings. The lowest BCUT2D eigenvalue weighted by molar-refractivity contribution is -0.187. The number of aromatic hydroxyl groups is 1. The van der Waals surface area contributed by atoms with Gasteiger partial charge in [-0.3, -0.25) is 4.79 Å². The highest BCUT2D eigenvalue weighted by atomic mass is 19.1. The number of phenols is 1. The van der Waals surface area contributed by atoms with E-state index in [0.717, 1.165) is 6.07 Å². The minimum absolute atomic E-state index is 0.286. The summed E-state index contributed by atoms with van der Waals surface area (Å²) >= 11 is 0. The van der Waals surface area contributed by atoms with E-state index < -0.39 is 77.1 Å². The van der Waals surface area contributed by atoms with Crippen LogP contribution in [0.25, 0.3) is 11.0 Å². The minimum atomic E-state index is -1.51. The van der Waals surface area contributed by atoms with Crippen LogP contribution in [0.2, 0.25) is 0 Å². The molecule has 0 spiro atoms. The van der Waals surface area contributed by atoms with E-state index in [0.29, 0.717) is 6.07 Å². The van der Waals surface area contributed by atoms with Gasteiger partial charge in [0.1, 0.15) is 23.9 Å². The molecule has 9 nitrogen and oxygen atoms in total. The molecule has 152 valence electrons. The number of rotatable bonds is 3. The molecule has 3 rings (SSSR count). The van der Waals surface area contributed by atoms with Crippen LogP contribution in [0.1, 0.15) is 17.3 Å². The predicted octanol–water partition coefficient (Wildman–Crippen LogP) is -0.623. The van der Waals surface area contributed by atoms with Crippen molar-refractivity contribution in [2.24, 2.45) is 0 Å². The fourth-order valence-electron chi connectivity index (χ4n) is 3.07. The maximum atomic E-state index is 13.8. The first-order valence-corrected chi connectivity index (χ1v) is 8.23. The third-order valence-electron chi connectivity index (χ3n) is 4.61. The van der Waals surface area contributed by atoms with Crippen LogP contribution in [0.4, 0.5) is 8.78 Å². The summed E-state index contributed by atoms with van der Waals surface area (Å²) < 4.78 is 37.4. The summed E-state index contributed by atoms with van der Waals surface area (Å²) in [6, 6.07) is 0.411. The van der Waals surface area contributed by atoms with Crippen molar-refractivity contribution in [1.29, 1.82) is 0 Å². The maximum Gasteiger partial charge on any atom is 0.349 e. The molecule has 1 aromatic carbocycles. The smallest absolute Gasteiger partial charge is 0.349 e. The lowest BCUT2D eigenvalue weighted by Crippen LogP contribution is -2.63. The zero-order valence-corrected chi connectivity index (χ0v) is 14.4. The number of nitrogens with one attached hydrogen (secondary N) is 1. The van der Waals surface area contributed by atoms with Crippen molar-refractivity contribution in [3.8, 4) is 5.75 Å². The Balaban J connectivity index is 1.92. The Hall–Kier alpha value is -2.60. The molecule has 5 N–H and O–H groups in total. The molecule has 4 unspecified atom stereocenters. The molecule has 1 aliphatic rings. The molecular formula is C17H17F2NO8. The van der Waals surface area contributed by atoms with Crippen LogP contribution >= 0.6 is 0 Å². The number of carbonyl (C=O) groups excluding carboxylic acids is 1. The molecule has 1 aromatic heterocycles. The van der Waals surface area contributed by atoms with Crippen LogP contribution in [0.15, 0.2) is 21.3 Å². The number of carbonyl (C=O) groups is 1. The van der Waals surface area contributed by atoms with Gasteiger partial charge >= 0.3 is 5.63 Å². The van der Waals surface area contributed by atoms with E-state index in [2.05, 4.69) is 9.73 Å². The quantitative estimate of drug-likeness (QED) is 0.427. The molecule has 28 heavy (non-hydrogen) atoms. The molecule has 2 aromatic rings. The summed E-state index contributed by atoms with van der Waals surface area (Å²) in [5.74, 6) is -5.16. The van der Waals surface area contributed by atoms with Crippen LogP contribution in [0.3, 0.4) is 0 Å². The number of amides is 1. The van der Waals surface area contributed by atoms with Gasteiger partial charge in [-0.15, -0.1) is 0 Å². The average Bonchev–Trinajstić information content (AvgIpc) is 2.66. The second-order valence-electron chi connectivity index (χ2n) is 6.43. The van der Waals surface area contributed by atoms with E-state index in [1.54, 1.807) is 0 Å². The van der Waals surface area contributed by atoms with Crippen molar-refractivity contribution in [1.82, 2.24) is 5.32 Å². The number of halogens is 2. The van der Waals surface area contributed by atoms with Gasteiger partial charge in [0.25, 0.3) is 5.91 Å². The van der Waals surface area contributed by atoms with Gasteiger partial charge in [-0.2, -0.15) is 4.39 Å². The summed E-state index contributed by atoms with van der Waals surface area (Å²) in [4.78, 5) is 24.5. The van der Waals surface area contributed by atoms with Gasteiger partial charge in [0.2, 0.25) is 5.82 Å². The molecule has 1 aliphatic heterocycles. The molecule has 0 aliphatic carbocycles. The van der Waals surface area contributed by atoms with E-state index in [9.17, 15) is 33.7 Å². The third kappa shape index (κ3) is 3.33. The van der Waals surface area contributed by atoms with Gasteiger partial charge in [0.15, 0.2) is 17.1 Å². The Morgan fingerprint density at radius 2 is 1.93 bits per heavy atom. The van der Waals surface area contributed by atoms with Gasteiger partial charge < -0.3 is 34.9 Å². The van der Waals surface area contributed by atoms with Gasteiger partial charge in [-0.25, -0.2) is 9.18 Å². The molecule has 5 atom stereocenters. The van der Waals surface area contributed by atoms with Crippen LogP contribution in [0, 0.1) is 11.6 Å². The van der Waals surface area contributed by atoms with Crippen molar-refractivity contribution < 1.29 is 43.2 Å². The lowest BCUT2D eigenvalue weighted by atomic mass is 9.93. The van der Waals surface area contributed by atoms with Crippen molar-refractivity contribution in [3.05, 3.63) is 39.8 Å². The number of hydrogen-bond donors (Lipinski definition) is 5. The number of aliphatic hydroxyl groups excluding tert-OH is 3. The molecule has 1 amide bonds. The number of benzene rings is 1. The second-order valence-corrected chi connectivity index (χ2v) is 6.43. The SMILES string of the molecule is CC1OC(CO)[C@@H](O)C(O)C1NC(=O)c1cc2cc(F)c(O)c(F)c2oc1=O. The first-order chi connectivity index (χ1) is 13.1. The first-order valence-electron chi connectivity index (χ1n) is 8.23. The number of hydrogen-bond acceptors (Lipinski definition) is 8. The molecule has 2 heterocycles. The fourth-order valence-corrected chi connectivity index (χ4v) is 3.07. The lowest BCUT2D eigenvalue weighted by Gasteiger charge is -2.41. The monoisotopic (exact) mass is 401 g/mol. The largest absolute Gasteiger partial charge is 0.503 e. The molecule has 0 radical (unpaired) electrons. The molecule has 11 heteroatoms. The van der Waals surface area contributed by atoms with Crippen LogP contribution in [0.5, 0.6) is 5.75 Å². The number of aliphatic hydroxyl groups is 3. The average molecular weight is 401 g/mol. The van der Waals surface area contributed by atoms with Crippen molar-refractivity contribution in [3.63, 3.8) is 0 Å². The summed E-state index contributed by atoms with van der Waals surface area (Å²) in [7, 11) is 0.